The second-order valence-electron chi connectivity index (χ2n) is 5.53. The summed E-state index contributed by atoms with van der Waals surface area (Å²) < 4.78 is 5.85. The van der Waals surface area contributed by atoms with E-state index in [1.807, 2.05) is 24.3 Å². The quantitative estimate of drug-likeness (QED) is 0.301. The van der Waals surface area contributed by atoms with E-state index in [1.165, 1.54) is 25.7 Å². The predicted molar refractivity (Wildman–Crippen MR) is 85.5 cm³/mol. The number of nitrogens with one attached hydrogen (secondary N) is 1. The fraction of sp³-hybridized carbons (Fsp3) is 0.588. The van der Waals surface area contributed by atoms with E-state index in [2.05, 4.69) is 19.3 Å². The van der Waals surface area contributed by atoms with Crippen LogP contribution >= 0.6 is 0 Å². The van der Waals surface area contributed by atoms with Crippen molar-refractivity contribution in [2.75, 3.05) is 0 Å². The molecular weight excluding hydrogens is 264 g/mol. The van der Waals surface area contributed by atoms with Crippen LogP contribution in [-0.2, 0) is 22.6 Å². The van der Waals surface area contributed by atoms with E-state index < -0.39 is 0 Å². The summed E-state index contributed by atoms with van der Waals surface area (Å²) in [6.45, 7) is 4.98. The Hall–Kier alpha value is -1.39. The minimum atomic E-state index is -0.181. The monoisotopic (exact) mass is 292 g/mol. The maximum absolute atomic E-state index is 11.2. The van der Waals surface area contributed by atoms with Crippen molar-refractivity contribution in [3.05, 3.63) is 35.4 Å². The summed E-state index contributed by atoms with van der Waals surface area (Å²) in [5, 5.41) is 0. The van der Waals surface area contributed by atoms with Crippen LogP contribution in [0.1, 0.15) is 57.1 Å². The molecule has 1 unspecified atom stereocenters. The normalized spacial score (nSPS) is 12.1. The minimum absolute atomic E-state index is 0.181. The Balaban J connectivity index is 2.27. The van der Waals surface area contributed by atoms with Gasteiger partial charge in [-0.1, -0.05) is 56.9 Å². The van der Waals surface area contributed by atoms with Crippen LogP contribution in [0.2, 0.25) is 0 Å². The van der Waals surface area contributed by atoms with Gasteiger partial charge in [0.25, 0.3) is 0 Å². The Bertz CT molecular complexity index is 404. The van der Waals surface area contributed by atoms with E-state index in [0.29, 0.717) is 19.1 Å². The molecule has 0 saturated carbocycles. The standard InChI is InChI=1S/C17H28N2O2/c1-3-4-5-6-7-14(2)21-13-16-10-8-15(9-11-16)12-17(20)19-18/h8-11,14H,3-7,12-13,18H2,1-2H3,(H,19,20). The number of amides is 1. The molecule has 0 bridgehead atoms. The molecule has 1 aromatic carbocycles. The van der Waals surface area contributed by atoms with Gasteiger partial charge in [0, 0.05) is 0 Å². The highest BCUT2D eigenvalue weighted by molar-refractivity contribution is 5.77. The molecule has 0 aromatic heterocycles. The van der Waals surface area contributed by atoms with Crippen molar-refractivity contribution >= 4 is 5.91 Å². The molecule has 1 amide bonds. The van der Waals surface area contributed by atoms with Crippen LogP contribution in [-0.4, -0.2) is 12.0 Å². The molecule has 21 heavy (non-hydrogen) atoms. The van der Waals surface area contributed by atoms with Crippen LogP contribution in [0.4, 0.5) is 0 Å². The van der Waals surface area contributed by atoms with Crippen molar-refractivity contribution in [2.45, 2.75) is 65.1 Å². The summed E-state index contributed by atoms with van der Waals surface area (Å²) in [7, 11) is 0. The number of carbonyl (C=O) groups is 1. The highest BCUT2D eigenvalue weighted by Crippen LogP contribution is 2.11. The summed E-state index contributed by atoms with van der Waals surface area (Å²) in [6, 6.07) is 7.89. The van der Waals surface area contributed by atoms with Gasteiger partial charge in [-0.3, -0.25) is 10.2 Å². The van der Waals surface area contributed by atoms with E-state index in [0.717, 1.165) is 17.5 Å². The molecule has 0 aliphatic rings. The molecule has 0 heterocycles. The SMILES string of the molecule is CCCCCCC(C)OCc1ccc(CC(=O)NN)cc1. The molecule has 0 saturated heterocycles. The first-order valence-corrected chi connectivity index (χ1v) is 7.84. The summed E-state index contributed by atoms with van der Waals surface area (Å²) >= 11 is 0. The van der Waals surface area contributed by atoms with Crippen molar-refractivity contribution in [2.24, 2.45) is 5.84 Å². The second kappa shape index (κ2) is 10.4. The largest absolute Gasteiger partial charge is 0.374 e. The molecule has 1 atom stereocenters. The van der Waals surface area contributed by atoms with Gasteiger partial charge in [0.05, 0.1) is 19.1 Å². The first kappa shape index (κ1) is 17.7. The lowest BCUT2D eigenvalue weighted by molar-refractivity contribution is -0.120. The first-order chi connectivity index (χ1) is 10.2. The third-order valence-electron chi connectivity index (χ3n) is 3.55. The lowest BCUT2D eigenvalue weighted by atomic mass is 10.1. The lowest BCUT2D eigenvalue weighted by Crippen LogP contribution is -2.31. The number of hydrazine groups is 1. The Morgan fingerprint density at radius 3 is 2.48 bits per heavy atom. The van der Waals surface area contributed by atoms with Crippen LogP contribution in [0, 0.1) is 0 Å². The average molecular weight is 292 g/mol. The maximum atomic E-state index is 11.2. The van der Waals surface area contributed by atoms with Crippen LogP contribution in [0.3, 0.4) is 0 Å². The fourth-order valence-corrected chi connectivity index (χ4v) is 2.17. The molecule has 1 rings (SSSR count). The van der Waals surface area contributed by atoms with E-state index in [1.54, 1.807) is 0 Å². The highest BCUT2D eigenvalue weighted by Gasteiger charge is 2.04. The van der Waals surface area contributed by atoms with E-state index in [4.69, 9.17) is 10.6 Å². The summed E-state index contributed by atoms with van der Waals surface area (Å²) in [4.78, 5) is 11.2. The van der Waals surface area contributed by atoms with Gasteiger partial charge in [0.2, 0.25) is 5.91 Å². The number of unbranched alkanes of at least 4 members (excludes halogenated alkanes) is 3. The summed E-state index contributed by atoms with van der Waals surface area (Å²) in [5.41, 5.74) is 4.22. The molecule has 3 N–H and O–H groups in total. The van der Waals surface area contributed by atoms with Gasteiger partial charge >= 0.3 is 0 Å². The van der Waals surface area contributed by atoms with Gasteiger partial charge in [-0.05, 0) is 24.5 Å². The third kappa shape index (κ3) is 7.83. The molecule has 0 aliphatic heterocycles. The minimum Gasteiger partial charge on any atom is -0.374 e. The van der Waals surface area contributed by atoms with Gasteiger partial charge in [0.15, 0.2) is 0 Å². The van der Waals surface area contributed by atoms with Crippen molar-refractivity contribution < 1.29 is 9.53 Å². The van der Waals surface area contributed by atoms with Crippen LogP contribution in [0.25, 0.3) is 0 Å². The zero-order valence-corrected chi connectivity index (χ0v) is 13.2. The molecule has 4 nitrogen and oxygen atoms in total. The third-order valence-corrected chi connectivity index (χ3v) is 3.55. The lowest BCUT2D eigenvalue weighted by Gasteiger charge is -2.13. The van der Waals surface area contributed by atoms with E-state index >= 15 is 0 Å². The number of nitrogens with two attached hydrogens (primary N) is 1. The number of ether oxygens (including phenoxy) is 1. The Kier molecular flexibility index (Phi) is 8.71. The predicted octanol–water partition coefficient (Wildman–Crippen LogP) is 3.09. The Labute approximate surface area is 128 Å². The number of hydrogen-bond acceptors (Lipinski definition) is 3. The van der Waals surface area contributed by atoms with Crippen LogP contribution in [0.15, 0.2) is 24.3 Å². The van der Waals surface area contributed by atoms with Gasteiger partial charge < -0.3 is 4.74 Å². The van der Waals surface area contributed by atoms with Crippen LogP contribution < -0.4 is 11.3 Å². The van der Waals surface area contributed by atoms with Gasteiger partial charge in [0.1, 0.15) is 0 Å². The van der Waals surface area contributed by atoms with Gasteiger partial charge in [-0.2, -0.15) is 0 Å². The second-order valence-corrected chi connectivity index (χ2v) is 5.53. The molecule has 4 heteroatoms. The number of carbonyl (C=O) groups excluding carboxylic acids is 1. The molecular formula is C17H28N2O2. The maximum Gasteiger partial charge on any atom is 0.238 e. The van der Waals surface area contributed by atoms with Crippen LogP contribution in [0.5, 0.6) is 0 Å². The molecule has 0 radical (unpaired) electrons. The smallest absolute Gasteiger partial charge is 0.238 e. The summed E-state index contributed by atoms with van der Waals surface area (Å²) in [6.07, 6.45) is 6.84. The number of rotatable bonds is 10. The topological polar surface area (TPSA) is 64.3 Å². The van der Waals surface area contributed by atoms with Crippen molar-refractivity contribution in [1.29, 1.82) is 0 Å². The van der Waals surface area contributed by atoms with E-state index in [-0.39, 0.29) is 5.91 Å². The molecule has 0 spiro atoms. The molecule has 0 fully saturated rings. The van der Waals surface area contributed by atoms with Gasteiger partial charge in [-0.25, -0.2) is 5.84 Å². The molecule has 0 aliphatic carbocycles. The fourth-order valence-electron chi connectivity index (χ4n) is 2.17. The molecule has 118 valence electrons. The first-order valence-electron chi connectivity index (χ1n) is 7.84. The zero-order valence-electron chi connectivity index (χ0n) is 13.2. The molecule has 1 aromatic rings. The van der Waals surface area contributed by atoms with Crippen molar-refractivity contribution in [1.82, 2.24) is 5.43 Å². The Morgan fingerprint density at radius 1 is 1.19 bits per heavy atom. The number of hydrogen-bond donors (Lipinski definition) is 2. The highest BCUT2D eigenvalue weighted by atomic mass is 16.5. The van der Waals surface area contributed by atoms with Crippen molar-refractivity contribution in [3.63, 3.8) is 0 Å². The van der Waals surface area contributed by atoms with Gasteiger partial charge in [-0.15, -0.1) is 0 Å². The number of benzene rings is 1. The summed E-state index contributed by atoms with van der Waals surface area (Å²) in [5.74, 6) is 4.89. The Morgan fingerprint density at radius 2 is 1.86 bits per heavy atom. The van der Waals surface area contributed by atoms with E-state index in [9.17, 15) is 4.79 Å². The zero-order chi connectivity index (χ0) is 15.5. The van der Waals surface area contributed by atoms with Crippen molar-refractivity contribution in [3.8, 4) is 0 Å². The average Bonchev–Trinajstić information content (AvgIpc) is 2.50.